The molecule has 0 aromatic carbocycles. The number of nitro groups is 1. The summed E-state index contributed by atoms with van der Waals surface area (Å²) in [6.45, 7) is 6.51. The SMILES string of the molecule is CC1(C)C2CN(c3ncc([N+](=O)[O-])cn3)CC21. The molecule has 6 heteroatoms. The van der Waals surface area contributed by atoms with Gasteiger partial charge in [0.05, 0.1) is 4.92 Å². The first-order chi connectivity index (χ1) is 8.00. The molecule has 0 spiro atoms. The van der Waals surface area contributed by atoms with Crippen molar-refractivity contribution in [3.05, 3.63) is 22.5 Å². The second-order valence-electron chi connectivity index (χ2n) is 5.44. The van der Waals surface area contributed by atoms with E-state index in [1.807, 2.05) is 0 Å². The molecule has 3 rings (SSSR count). The first-order valence-electron chi connectivity index (χ1n) is 5.71. The molecule has 1 aliphatic heterocycles. The van der Waals surface area contributed by atoms with Gasteiger partial charge in [-0.05, 0) is 17.3 Å². The number of anilines is 1. The van der Waals surface area contributed by atoms with E-state index in [2.05, 4.69) is 28.7 Å². The van der Waals surface area contributed by atoms with Gasteiger partial charge in [-0.2, -0.15) is 0 Å². The lowest BCUT2D eigenvalue weighted by Gasteiger charge is -2.21. The van der Waals surface area contributed by atoms with Crippen LogP contribution >= 0.6 is 0 Å². The van der Waals surface area contributed by atoms with E-state index in [0.717, 1.165) is 24.9 Å². The number of piperidine rings is 1. The van der Waals surface area contributed by atoms with Gasteiger partial charge < -0.3 is 4.90 Å². The molecule has 2 atom stereocenters. The Bertz CT molecular complexity index is 457. The predicted octanol–water partition coefficient (Wildman–Crippen LogP) is 1.48. The van der Waals surface area contributed by atoms with E-state index >= 15 is 0 Å². The number of aromatic nitrogens is 2. The summed E-state index contributed by atoms with van der Waals surface area (Å²) >= 11 is 0. The molecule has 1 saturated carbocycles. The zero-order valence-corrected chi connectivity index (χ0v) is 9.83. The molecular formula is C11H14N4O2. The van der Waals surface area contributed by atoms with Crippen molar-refractivity contribution in [2.45, 2.75) is 13.8 Å². The van der Waals surface area contributed by atoms with Crippen LogP contribution in [0.25, 0.3) is 0 Å². The predicted molar refractivity (Wildman–Crippen MR) is 61.7 cm³/mol. The Morgan fingerprint density at radius 3 is 2.35 bits per heavy atom. The molecule has 2 aliphatic rings. The molecule has 17 heavy (non-hydrogen) atoms. The second-order valence-corrected chi connectivity index (χ2v) is 5.44. The lowest BCUT2D eigenvalue weighted by atomic mass is 10.1. The van der Waals surface area contributed by atoms with Gasteiger partial charge in [-0.15, -0.1) is 0 Å². The first-order valence-corrected chi connectivity index (χ1v) is 5.71. The molecule has 1 aromatic heterocycles. The minimum atomic E-state index is -0.478. The second kappa shape index (κ2) is 3.15. The third-order valence-electron chi connectivity index (χ3n) is 4.24. The standard InChI is InChI=1S/C11H14N4O2/c1-11(2)8-5-14(6-9(8)11)10-12-3-7(4-13-10)15(16)17/h3-4,8-9H,5-6H2,1-2H3. The van der Waals surface area contributed by atoms with Crippen molar-refractivity contribution in [2.75, 3.05) is 18.0 Å². The molecule has 0 N–H and O–H groups in total. The minimum Gasteiger partial charge on any atom is -0.340 e. The highest BCUT2D eigenvalue weighted by atomic mass is 16.6. The van der Waals surface area contributed by atoms with E-state index in [9.17, 15) is 10.1 Å². The van der Waals surface area contributed by atoms with Crippen LogP contribution in [0.1, 0.15) is 13.8 Å². The molecular weight excluding hydrogens is 220 g/mol. The Hall–Kier alpha value is -1.72. The third kappa shape index (κ3) is 1.47. The maximum Gasteiger partial charge on any atom is 0.305 e. The van der Waals surface area contributed by atoms with Crippen molar-refractivity contribution in [1.29, 1.82) is 0 Å². The van der Waals surface area contributed by atoms with Crippen molar-refractivity contribution in [3.63, 3.8) is 0 Å². The highest BCUT2D eigenvalue weighted by Crippen LogP contribution is 2.62. The van der Waals surface area contributed by atoms with E-state index < -0.39 is 4.92 Å². The summed E-state index contributed by atoms with van der Waals surface area (Å²) in [5, 5.41) is 10.5. The third-order valence-corrected chi connectivity index (χ3v) is 4.24. The fourth-order valence-electron chi connectivity index (χ4n) is 2.87. The van der Waals surface area contributed by atoms with Crippen LogP contribution in [0.5, 0.6) is 0 Å². The minimum absolute atomic E-state index is 0.0570. The molecule has 0 radical (unpaired) electrons. The lowest BCUT2D eigenvalue weighted by molar-refractivity contribution is -0.385. The van der Waals surface area contributed by atoms with Crippen LogP contribution in [0.3, 0.4) is 0 Å². The van der Waals surface area contributed by atoms with Gasteiger partial charge in [0, 0.05) is 13.1 Å². The van der Waals surface area contributed by atoms with Gasteiger partial charge in [-0.25, -0.2) is 9.97 Å². The highest BCUT2D eigenvalue weighted by Gasteiger charge is 2.62. The summed E-state index contributed by atoms with van der Waals surface area (Å²) in [6.07, 6.45) is 2.55. The van der Waals surface area contributed by atoms with Crippen LogP contribution in [0.4, 0.5) is 11.6 Å². The number of nitrogens with zero attached hydrogens (tertiary/aromatic N) is 4. The summed E-state index contributed by atoms with van der Waals surface area (Å²) in [4.78, 5) is 20.2. The van der Waals surface area contributed by atoms with E-state index in [1.54, 1.807) is 0 Å². The molecule has 1 aliphatic carbocycles. The summed E-state index contributed by atoms with van der Waals surface area (Å²) in [5.74, 6) is 2.06. The molecule has 6 nitrogen and oxygen atoms in total. The number of hydrogen-bond acceptors (Lipinski definition) is 5. The van der Waals surface area contributed by atoms with Gasteiger partial charge in [0.15, 0.2) is 0 Å². The fraction of sp³-hybridized carbons (Fsp3) is 0.636. The Morgan fingerprint density at radius 1 is 1.35 bits per heavy atom. The quantitative estimate of drug-likeness (QED) is 0.572. The monoisotopic (exact) mass is 234 g/mol. The zero-order valence-electron chi connectivity index (χ0n) is 9.83. The van der Waals surface area contributed by atoms with E-state index in [0.29, 0.717) is 11.4 Å². The van der Waals surface area contributed by atoms with Gasteiger partial charge in [-0.1, -0.05) is 13.8 Å². The fourth-order valence-corrected chi connectivity index (χ4v) is 2.87. The summed E-state index contributed by atoms with van der Waals surface area (Å²) in [6, 6.07) is 0. The van der Waals surface area contributed by atoms with E-state index in [4.69, 9.17) is 0 Å². The number of hydrogen-bond donors (Lipinski definition) is 0. The molecule has 0 bridgehead atoms. The molecule has 1 saturated heterocycles. The zero-order chi connectivity index (χ0) is 12.2. The largest absolute Gasteiger partial charge is 0.340 e. The normalized spacial score (nSPS) is 28.9. The van der Waals surface area contributed by atoms with Crippen molar-refractivity contribution in [3.8, 4) is 0 Å². The van der Waals surface area contributed by atoms with Gasteiger partial charge in [0.25, 0.3) is 0 Å². The molecule has 2 heterocycles. The molecule has 1 aromatic rings. The Balaban J connectivity index is 1.73. The summed E-state index contributed by atoms with van der Waals surface area (Å²) < 4.78 is 0. The van der Waals surface area contributed by atoms with Crippen LogP contribution in [0, 0.1) is 27.4 Å². The highest BCUT2D eigenvalue weighted by molar-refractivity contribution is 5.38. The smallest absolute Gasteiger partial charge is 0.305 e. The van der Waals surface area contributed by atoms with Crippen molar-refractivity contribution in [2.24, 2.45) is 17.3 Å². The average Bonchev–Trinajstić information content (AvgIpc) is 2.70. The van der Waals surface area contributed by atoms with Crippen LogP contribution in [-0.2, 0) is 0 Å². The van der Waals surface area contributed by atoms with Crippen LogP contribution < -0.4 is 4.90 Å². The lowest BCUT2D eigenvalue weighted by Crippen LogP contribution is -2.27. The van der Waals surface area contributed by atoms with Crippen LogP contribution in [0.2, 0.25) is 0 Å². The maximum atomic E-state index is 10.5. The topological polar surface area (TPSA) is 72.2 Å². The van der Waals surface area contributed by atoms with Crippen molar-refractivity contribution < 1.29 is 4.92 Å². The maximum absolute atomic E-state index is 10.5. The van der Waals surface area contributed by atoms with Gasteiger partial charge in [-0.3, -0.25) is 10.1 Å². The summed E-state index contributed by atoms with van der Waals surface area (Å²) in [7, 11) is 0. The van der Waals surface area contributed by atoms with Crippen molar-refractivity contribution >= 4 is 11.6 Å². The molecule has 0 amide bonds. The number of fused-ring (bicyclic) bond motifs is 1. The van der Waals surface area contributed by atoms with Gasteiger partial charge >= 0.3 is 5.69 Å². The van der Waals surface area contributed by atoms with Gasteiger partial charge in [0.2, 0.25) is 5.95 Å². The van der Waals surface area contributed by atoms with E-state index in [1.165, 1.54) is 12.4 Å². The molecule has 2 unspecified atom stereocenters. The van der Waals surface area contributed by atoms with Gasteiger partial charge in [0.1, 0.15) is 12.4 Å². The van der Waals surface area contributed by atoms with E-state index in [-0.39, 0.29) is 5.69 Å². The average molecular weight is 234 g/mol. The number of rotatable bonds is 2. The van der Waals surface area contributed by atoms with Crippen LogP contribution in [-0.4, -0.2) is 28.0 Å². The van der Waals surface area contributed by atoms with Crippen LogP contribution in [0.15, 0.2) is 12.4 Å². The first kappa shape index (κ1) is 10.4. The summed E-state index contributed by atoms with van der Waals surface area (Å²) in [5.41, 5.74) is 0.399. The Labute approximate surface area is 98.8 Å². The Morgan fingerprint density at radius 2 is 1.88 bits per heavy atom. The molecule has 2 fully saturated rings. The van der Waals surface area contributed by atoms with Crippen molar-refractivity contribution in [1.82, 2.24) is 9.97 Å². The molecule has 90 valence electrons. The Kier molecular flexibility index (Phi) is 1.93.